The summed E-state index contributed by atoms with van der Waals surface area (Å²) in [5, 5.41) is 9.76. The Balaban J connectivity index is 3.30. The second kappa shape index (κ2) is 4.96. The van der Waals surface area contributed by atoms with Gasteiger partial charge in [0.25, 0.3) is 0 Å². The smallest absolute Gasteiger partial charge is 0.416 e. The largest absolute Gasteiger partial charge is 0.497 e. The van der Waals surface area contributed by atoms with Crippen LogP contribution in [-0.2, 0) is 6.18 Å². The molecule has 1 rings (SSSR count). The van der Waals surface area contributed by atoms with Crippen LogP contribution in [0.15, 0.2) is 18.2 Å². The first-order valence-corrected chi connectivity index (χ1v) is 5.20. The summed E-state index contributed by atoms with van der Waals surface area (Å²) in [6, 6.07) is 3.57. The van der Waals surface area contributed by atoms with E-state index in [0.29, 0.717) is 0 Å². The Morgan fingerprint density at radius 1 is 1.24 bits per heavy atom. The predicted molar refractivity (Wildman–Crippen MR) is 57.8 cm³/mol. The molecule has 96 valence electrons. The van der Waals surface area contributed by atoms with Crippen molar-refractivity contribution in [2.24, 2.45) is 5.92 Å². The first-order chi connectivity index (χ1) is 7.77. The summed E-state index contributed by atoms with van der Waals surface area (Å²) in [4.78, 5) is 0. The van der Waals surface area contributed by atoms with Crippen molar-refractivity contribution in [3.8, 4) is 5.75 Å². The standard InChI is InChI=1S/C12H15F3O2/c1-7(2)11(16)9-5-4-8(17-3)6-10(9)12(13,14)15/h4-7,11,16H,1-3H3/t11-/m0/s1. The topological polar surface area (TPSA) is 29.5 Å². The Bertz CT molecular complexity index is 386. The van der Waals surface area contributed by atoms with Crippen molar-refractivity contribution in [2.75, 3.05) is 7.11 Å². The normalized spacial score (nSPS) is 13.9. The fourth-order valence-corrected chi connectivity index (χ4v) is 1.52. The third-order valence-corrected chi connectivity index (χ3v) is 2.52. The molecule has 0 bridgehead atoms. The lowest BCUT2D eigenvalue weighted by Gasteiger charge is -2.20. The summed E-state index contributed by atoms with van der Waals surface area (Å²) in [5.74, 6) is -0.165. The van der Waals surface area contributed by atoms with Gasteiger partial charge in [-0.25, -0.2) is 0 Å². The molecule has 0 aliphatic heterocycles. The van der Waals surface area contributed by atoms with Gasteiger partial charge >= 0.3 is 6.18 Å². The molecule has 1 aromatic rings. The van der Waals surface area contributed by atoms with E-state index in [-0.39, 0.29) is 17.2 Å². The molecule has 1 aromatic carbocycles. The average Bonchev–Trinajstić information content (AvgIpc) is 2.26. The van der Waals surface area contributed by atoms with E-state index in [0.717, 1.165) is 6.07 Å². The van der Waals surface area contributed by atoms with Crippen LogP contribution in [0.4, 0.5) is 13.2 Å². The molecule has 5 heteroatoms. The number of rotatable bonds is 3. The van der Waals surface area contributed by atoms with Gasteiger partial charge in [-0.1, -0.05) is 19.9 Å². The molecule has 1 N–H and O–H groups in total. The number of aliphatic hydroxyl groups is 1. The molecule has 1 atom stereocenters. The van der Waals surface area contributed by atoms with Gasteiger partial charge in [0.15, 0.2) is 0 Å². The molecule has 0 spiro atoms. The minimum absolute atomic E-state index is 0.117. The first-order valence-electron chi connectivity index (χ1n) is 5.20. The number of ether oxygens (including phenoxy) is 1. The molecule has 2 nitrogen and oxygen atoms in total. The average molecular weight is 248 g/mol. The molecule has 0 aliphatic rings. The number of aliphatic hydroxyl groups excluding tert-OH is 1. The van der Waals surface area contributed by atoms with Crippen LogP contribution in [0.5, 0.6) is 5.75 Å². The number of halogens is 3. The van der Waals surface area contributed by atoms with Gasteiger partial charge in [0.05, 0.1) is 18.8 Å². The van der Waals surface area contributed by atoms with Gasteiger partial charge in [0, 0.05) is 0 Å². The summed E-state index contributed by atoms with van der Waals surface area (Å²) in [5.41, 5.74) is -0.966. The number of benzene rings is 1. The third kappa shape index (κ3) is 3.12. The van der Waals surface area contributed by atoms with Crippen molar-refractivity contribution in [1.29, 1.82) is 0 Å². The number of alkyl halides is 3. The van der Waals surface area contributed by atoms with Crippen LogP contribution in [0.3, 0.4) is 0 Å². The van der Waals surface area contributed by atoms with Crippen molar-refractivity contribution < 1.29 is 23.0 Å². The lowest BCUT2D eigenvalue weighted by atomic mass is 9.94. The van der Waals surface area contributed by atoms with Crippen molar-refractivity contribution >= 4 is 0 Å². The molecule has 0 amide bonds. The van der Waals surface area contributed by atoms with E-state index in [1.165, 1.54) is 19.2 Å². The Labute approximate surface area is 98.0 Å². The van der Waals surface area contributed by atoms with Gasteiger partial charge in [-0.2, -0.15) is 13.2 Å². The van der Waals surface area contributed by atoms with E-state index in [1.54, 1.807) is 13.8 Å². The van der Waals surface area contributed by atoms with Crippen LogP contribution in [0.1, 0.15) is 31.1 Å². The summed E-state index contributed by atoms with van der Waals surface area (Å²) in [6.07, 6.45) is -5.64. The van der Waals surface area contributed by atoms with E-state index >= 15 is 0 Å². The fourth-order valence-electron chi connectivity index (χ4n) is 1.52. The molecule has 0 unspecified atom stereocenters. The Morgan fingerprint density at radius 3 is 2.24 bits per heavy atom. The molecular formula is C12H15F3O2. The van der Waals surface area contributed by atoms with Crippen LogP contribution in [0.25, 0.3) is 0 Å². The van der Waals surface area contributed by atoms with Crippen LogP contribution in [0, 0.1) is 5.92 Å². The van der Waals surface area contributed by atoms with Gasteiger partial charge in [-0.15, -0.1) is 0 Å². The highest BCUT2D eigenvalue weighted by atomic mass is 19.4. The molecule has 0 aliphatic carbocycles. The zero-order valence-electron chi connectivity index (χ0n) is 9.88. The van der Waals surface area contributed by atoms with Crippen LogP contribution < -0.4 is 4.74 Å². The molecule has 0 saturated carbocycles. The maximum absolute atomic E-state index is 12.8. The molecular weight excluding hydrogens is 233 g/mol. The maximum Gasteiger partial charge on any atom is 0.416 e. The monoisotopic (exact) mass is 248 g/mol. The lowest BCUT2D eigenvalue weighted by Crippen LogP contribution is -2.15. The van der Waals surface area contributed by atoms with E-state index in [9.17, 15) is 18.3 Å². The van der Waals surface area contributed by atoms with E-state index < -0.39 is 17.8 Å². The molecule has 0 heterocycles. The summed E-state index contributed by atoms with van der Waals surface area (Å²) < 4.78 is 43.2. The Kier molecular flexibility index (Phi) is 4.03. The molecule has 17 heavy (non-hydrogen) atoms. The number of hydrogen-bond acceptors (Lipinski definition) is 2. The molecule has 0 saturated heterocycles. The number of methoxy groups -OCH3 is 1. The zero-order chi connectivity index (χ0) is 13.2. The van der Waals surface area contributed by atoms with Crippen molar-refractivity contribution in [3.05, 3.63) is 29.3 Å². The van der Waals surface area contributed by atoms with E-state index in [4.69, 9.17) is 4.74 Å². The fraction of sp³-hybridized carbons (Fsp3) is 0.500. The minimum Gasteiger partial charge on any atom is -0.497 e. The van der Waals surface area contributed by atoms with Gasteiger partial charge in [-0.3, -0.25) is 0 Å². The zero-order valence-corrected chi connectivity index (χ0v) is 9.88. The lowest BCUT2D eigenvalue weighted by molar-refractivity contribution is -0.139. The molecule has 0 radical (unpaired) electrons. The van der Waals surface area contributed by atoms with Gasteiger partial charge < -0.3 is 9.84 Å². The van der Waals surface area contributed by atoms with E-state index in [1.807, 2.05) is 0 Å². The van der Waals surface area contributed by atoms with Crippen LogP contribution >= 0.6 is 0 Å². The second-order valence-corrected chi connectivity index (χ2v) is 4.14. The van der Waals surface area contributed by atoms with Gasteiger partial charge in [-0.05, 0) is 23.6 Å². The predicted octanol–water partition coefficient (Wildman–Crippen LogP) is 3.40. The van der Waals surface area contributed by atoms with Gasteiger partial charge in [0.2, 0.25) is 0 Å². The summed E-state index contributed by atoms with van der Waals surface area (Å²) in [6.45, 7) is 3.32. The molecule has 0 fully saturated rings. The quantitative estimate of drug-likeness (QED) is 0.888. The van der Waals surface area contributed by atoms with Crippen LogP contribution in [-0.4, -0.2) is 12.2 Å². The molecule has 0 aromatic heterocycles. The van der Waals surface area contributed by atoms with Gasteiger partial charge in [0.1, 0.15) is 5.75 Å². The van der Waals surface area contributed by atoms with Crippen LogP contribution in [0.2, 0.25) is 0 Å². The highest BCUT2D eigenvalue weighted by Gasteiger charge is 2.36. The highest BCUT2D eigenvalue weighted by Crippen LogP contribution is 2.38. The van der Waals surface area contributed by atoms with E-state index in [2.05, 4.69) is 0 Å². The SMILES string of the molecule is COc1ccc([C@@H](O)C(C)C)c(C(F)(F)F)c1. The first kappa shape index (κ1) is 13.8. The second-order valence-electron chi connectivity index (χ2n) is 4.14. The number of hydrogen-bond donors (Lipinski definition) is 1. The summed E-state index contributed by atoms with van der Waals surface area (Å²) >= 11 is 0. The van der Waals surface area contributed by atoms with Crippen molar-refractivity contribution in [1.82, 2.24) is 0 Å². The third-order valence-electron chi connectivity index (χ3n) is 2.52. The summed E-state index contributed by atoms with van der Waals surface area (Å²) in [7, 11) is 1.30. The minimum atomic E-state index is -4.50. The van der Waals surface area contributed by atoms with Crippen molar-refractivity contribution in [3.63, 3.8) is 0 Å². The maximum atomic E-state index is 12.8. The Morgan fingerprint density at radius 2 is 1.82 bits per heavy atom. The Hall–Kier alpha value is -1.23. The van der Waals surface area contributed by atoms with Crippen molar-refractivity contribution in [2.45, 2.75) is 26.1 Å². The highest BCUT2D eigenvalue weighted by molar-refractivity contribution is 5.39.